The van der Waals surface area contributed by atoms with Crippen LogP contribution in [0.2, 0.25) is 0 Å². The van der Waals surface area contributed by atoms with Crippen molar-refractivity contribution in [3.63, 3.8) is 0 Å². The molecule has 4 nitrogen and oxygen atoms in total. The van der Waals surface area contributed by atoms with E-state index in [1.165, 1.54) is 0 Å². The number of aldehydes is 3. The minimum Gasteiger partial charge on any atom is -0.303 e. The lowest BCUT2D eigenvalue weighted by atomic mass is 10.3. The standard InChI is InChI=1S/C9H15NO3/c11-7-1-4-10(5-2-8-12)6-3-9-13/h7-9H,1-6H2. The lowest BCUT2D eigenvalue weighted by molar-refractivity contribution is -0.108. The van der Waals surface area contributed by atoms with Gasteiger partial charge in [0.2, 0.25) is 0 Å². The fourth-order valence-electron chi connectivity index (χ4n) is 1.04. The molecule has 0 saturated heterocycles. The number of nitrogens with zero attached hydrogens (tertiary/aromatic N) is 1. The molecule has 0 aromatic rings. The molecule has 0 N–H and O–H groups in total. The van der Waals surface area contributed by atoms with E-state index < -0.39 is 0 Å². The lowest BCUT2D eigenvalue weighted by Crippen LogP contribution is -2.27. The number of carbonyl (C=O) groups is 3. The maximum absolute atomic E-state index is 10.1. The van der Waals surface area contributed by atoms with Crippen LogP contribution in [0.25, 0.3) is 0 Å². The normalized spacial score (nSPS) is 9.92. The van der Waals surface area contributed by atoms with Crippen molar-refractivity contribution in [1.82, 2.24) is 4.90 Å². The zero-order valence-corrected chi connectivity index (χ0v) is 7.65. The predicted molar refractivity (Wildman–Crippen MR) is 48.5 cm³/mol. The van der Waals surface area contributed by atoms with Crippen LogP contribution < -0.4 is 0 Å². The zero-order valence-electron chi connectivity index (χ0n) is 7.65. The lowest BCUT2D eigenvalue weighted by Gasteiger charge is -2.18. The Bertz CT molecular complexity index is 130. The van der Waals surface area contributed by atoms with Crippen molar-refractivity contribution in [2.45, 2.75) is 19.3 Å². The van der Waals surface area contributed by atoms with Crippen molar-refractivity contribution in [2.24, 2.45) is 0 Å². The van der Waals surface area contributed by atoms with Gasteiger partial charge in [-0.05, 0) is 0 Å². The summed E-state index contributed by atoms with van der Waals surface area (Å²) in [5, 5.41) is 0. The summed E-state index contributed by atoms with van der Waals surface area (Å²) in [4.78, 5) is 32.2. The van der Waals surface area contributed by atoms with Crippen LogP contribution in [-0.2, 0) is 14.4 Å². The molecule has 4 heteroatoms. The van der Waals surface area contributed by atoms with Crippen LogP contribution in [-0.4, -0.2) is 43.4 Å². The van der Waals surface area contributed by atoms with Gasteiger partial charge in [-0.15, -0.1) is 0 Å². The molecule has 0 bridgehead atoms. The molecular formula is C9H15NO3. The second kappa shape index (κ2) is 9.06. The summed E-state index contributed by atoms with van der Waals surface area (Å²) >= 11 is 0. The summed E-state index contributed by atoms with van der Waals surface area (Å²) in [5.74, 6) is 0. The van der Waals surface area contributed by atoms with Crippen LogP contribution >= 0.6 is 0 Å². The molecule has 0 saturated carbocycles. The van der Waals surface area contributed by atoms with Crippen molar-refractivity contribution < 1.29 is 14.4 Å². The van der Waals surface area contributed by atoms with Crippen LogP contribution in [0.15, 0.2) is 0 Å². The van der Waals surface area contributed by atoms with Crippen LogP contribution in [0, 0.1) is 0 Å². The summed E-state index contributed by atoms with van der Waals surface area (Å²) in [7, 11) is 0. The highest BCUT2D eigenvalue weighted by atomic mass is 16.1. The Morgan fingerprint density at radius 2 is 1.00 bits per heavy atom. The van der Waals surface area contributed by atoms with Crippen LogP contribution in [0.4, 0.5) is 0 Å². The van der Waals surface area contributed by atoms with E-state index in [-0.39, 0.29) is 0 Å². The first-order valence-corrected chi connectivity index (χ1v) is 4.38. The van der Waals surface area contributed by atoms with Gasteiger partial charge in [0.25, 0.3) is 0 Å². The first-order chi connectivity index (χ1) is 6.35. The molecule has 0 aromatic heterocycles. The molecule has 0 radical (unpaired) electrons. The highest BCUT2D eigenvalue weighted by molar-refractivity contribution is 5.51. The van der Waals surface area contributed by atoms with Crippen molar-refractivity contribution in [1.29, 1.82) is 0 Å². The van der Waals surface area contributed by atoms with Gasteiger partial charge in [-0.1, -0.05) is 0 Å². The molecule has 0 fully saturated rings. The average Bonchev–Trinajstić information content (AvgIpc) is 2.17. The molecule has 0 rings (SSSR count). The molecule has 13 heavy (non-hydrogen) atoms. The van der Waals surface area contributed by atoms with E-state index in [2.05, 4.69) is 0 Å². The van der Waals surface area contributed by atoms with Gasteiger partial charge >= 0.3 is 0 Å². The van der Waals surface area contributed by atoms with E-state index in [1.807, 2.05) is 4.90 Å². The first kappa shape index (κ1) is 12.0. The Balaban J connectivity index is 3.64. The van der Waals surface area contributed by atoms with Crippen molar-refractivity contribution in [2.75, 3.05) is 19.6 Å². The molecule has 74 valence electrons. The van der Waals surface area contributed by atoms with Gasteiger partial charge in [-0.3, -0.25) is 0 Å². The summed E-state index contributed by atoms with van der Waals surface area (Å²) in [6.45, 7) is 1.89. The monoisotopic (exact) mass is 185 g/mol. The highest BCUT2D eigenvalue weighted by Gasteiger charge is 2.02. The molecule has 0 aliphatic carbocycles. The Hall–Kier alpha value is -1.03. The Kier molecular flexibility index (Phi) is 8.34. The van der Waals surface area contributed by atoms with Gasteiger partial charge in [0.1, 0.15) is 18.9 Å². The van der Waals surface area contributed by atoms with Gasteiger partial charge in [0, 0.05) is 38.9 Å². The van der Waals surface area contributed by atoms with Gasteiger partial charge < -0.3 is 19.3 Å². The quantitative estimate of drug-likeness (QED) is 0.476. The van der Waals surface area contributed by atoms with Crippen LogP contribution in [0.5, 0.6) is 0 Å². The zero-order chi connectivity index (χ0) is 9.94. The van der Waals surface area contributed by atoms with Crippen molar-refractivity contribution in [3.05, 3.63) is 0 Å². The van der Waals surface area contributed by atoms with E-state index >= 15 is 0 Å². The summed E-state index contributed by atoms with van der Waals surface area (Å²) in [6.07, 6.45) is 3.89. The predicted octanol–water partition coefficient (Wildman–Crippen LogP) is 0.0554. The molecular weight excluding hydrogens is 170 g/mol. The fourth-order valence-corrected chi connectivity index (χ4v) is 1.04. The van der Waals surface area contributed by atoms with Gasteiger partial charge in [-0.2, -0.15) is 0 Å². The molecule has 0 aliphatic rings. The Labute approximate surface area is 77.9 Å². The first-order valence-electron chi connectivity index (χ1n) is 4.38. The van der Waals surface area contributed by atoms with Crippen molar-refractivity contribution >= 4 is 18.9 Å². The van der Waals surface area contributed by atoms with Crippen LogP contribution in [0.1, 0.15) is 19.3 Å². The van der Waals surface area contributed by atoms with Gasteiger partial charge in [0.05, 0.1) is 0 Å². The smallest absolute Gasteiger partial charge is 0.121 e. The fraction of sp³-hybridized carbons (Fsp3) is 0.667. The minimum absolute atomic E-state index is 0.456. The largest absolute Gasteiger partial charge is 0.303 e. The highest BCUT2D eigenvalue weighted by Crippen LogP contribution is 1.93. The third-order valence-corrected chi connectivity index (χ3v) is 1.69. The SMILES string of the molecule is O=CCCN(CCC=O)CCC=O. The second-order valence-corrected chi connectivity index (χ2v) is 2.71. The van der Waals surface area contributed by atoms with E-state index in [4.69, 9.17) is 0 Å². The molecule has 0 aromatic carbocycles. The number of hydrogen-bond donors (Lipinski definition) is 0. The topological polar surface area (TPSA) is 54.5 Å². The molecule has 0 amide bonds. The van der Waals surface area contributed by atoms with Crippen molar-refractivity contribution in [3.8, 4) is 0 Å². The minimum atomic E-state index is 0.456. The van der Waals surface area contributed by atoms with Gasteiger partial charge in [0.15, 0.2) is 0 Å². The number of rotatable bonds is 9. The van der Waals surface area contributed by atoms with E-state index in [0.717, 1.165) is 18.9 Å². The molecule has 0 heterocycles. The summed E-state index contributed by atoms with van der Waals surface area (Å²) in [6, 6.07) is 0. The molecule has 0 aliphatic heterocycles. The Morgan fingerprint density at radius 1 is 0.692 bits per heavy atom. The Morgan fingerprint density at radius 3 is 1.23 bits per heavy atom. The maximum atomic E-state index is 10.1. The third-order valence-electron chi connectivity index (χ3n) is 1.69. The molecule has 0 atom stereocenters. The third kappa shape index (κ3) is 7.33. The van der Waals surface area contributed by atoms with Crippen LogP contribution in [0.3, 0.4) is 0 Å². The second-order valence-electron chi connectivity index (χ2n) is 2.71. The molecule has 0 spiro atoms. The number of hydrogen-bond acceptors (Lipinski definition) is 4. The summed E-state index contributed by atoms with van der Waals surface area (Å²) < 4.78 is 0. The maximum Gasteiger partial charge on any atom is 0.121 e. The van der Waals surface area contributed by atoms with E-state index in [0.29, 0.717) is 38.9 Å². The van der Waals surface area contributed by atoms with E-state index in [9.17, 15) is 14.4 Å². The number of carbonyl (C=O) groups excluding carboxylic acids is 3. The summed E-state index contributed by atoms with van der Waals surface area (Å²) in [5.41, 5.74) is 0. The average molecular weight is 185 g/mol. The van der Waals surface area contributed by atoms with E-state index in [1.54, 1.807) is 0 Å². The van der Waals surface area contributed by atoms with Gasteiger partial charge in [-0.25, -0.2) is 0 Å². The molecule has 0 unspecified atom stereocenters.